The van der Waals surface area contributed by atoms with Gasteiger partial charge in [0.25, 0.3) is 0 Å². The van der Waals surface area contributed by atoms with E-state index < -0.39 is 37.0 Å². The number of hydrogen-bond acceptors (Lipinski definition) is 7. The van der Waals surface area contributed by atoms with Gasteiger partial charge < -0.3 is 35.4 Å². The Morgan fingerprint density at radius 2 is 0.944 bits per heavy atom. The zero-order valence-corrected chi connectivity index (χ0v) is 22.7. The average molecular weight is 521 g/mol. The third kappa shape index (κ3) is 26.0. The Bertz CT molecular complexity index is 474. The lowest BCUT2D eigenvalue weighted by atomic mass is 10.0. The molecular formula is C28H56O8. The van der Waals surface area contributed by atoms with Crippen molar-refractivity contribution in [3.63, 3.8) is 0 Å². The molecule has 0 saturated carbocycles. The van der Waals surface area contributed by atoms with E-state index in [1.54, 1.807) is 0 Å². The Morgan fingerprint density at radius 1 is 0.611 bits per heavy atom. The van der Waals surface area contributed by atoms with Crippen molar-refractivity contribution < 1.29 is 40.2 Å². The van der Waals surface area contributed by atoms with Gasteiger partial charge >= 0.3 is 5.97 Å². The number of unbranched alkanes of at least 4 members (excludes halogenated alkanes) is 18. The molecule has 0 radical (unpaired) electrons. The van der Waals surface area contributed by atoms with Gasteiger partial charge in [-0.1, -0.05) is 122 Å². The van der Waals surface area contributed by atoms with Crippen LogP contribution in [0.3, 0.4) is 0 Å². The number of aliphatic hydroxyl groups excluding tert-OH is 5. The standard InChI is InChI=1S/C22H44O2.C6H12O6/c1-2-3-4-5-6-7-8-9-10-11-12-13-14-15-16-17-18-19-20-21-22(23)24;7-1-3(9)5(11)6(12)4(10)2-8/h2-21H2,1H3,(H,23,24);1,3-6,8-12H,2H2/t;3-,4+,5+,6+/m.0/s1. The molecule has 0 saturated heterocycles. The van der Waals surface area contributed by atoms with Crippen molar-refractivity contribution in [3.8, 4) is 0 Å². The zero-order chi connectivity index (χ0) is 27.4. The molecule has 0 heterocycles. The van der Waals surface area contributed by atoms with Crippen molar-refractivity contribution in [1.82, 2.24) is 0 Å². The molecule has 0 aliphatic rings. The molecular weight excluding hydrogens is 464 g/mol. The molecule has 0 aromatic rings. The summed E-state index contributed by atoms with van der Waals surface area (Å²) in [7, 11) is 0. The Balaban J connectivity index is 0. The van der Waals surface area contributed by atoms with E-state index in [0.717, 1.165) is 12.8 Å². The second kappa shape index (κ2) is 28.5. The number of rotatable bonds is 25. The first-order valence-electron chi connectivity index (χ1n) is 14.3. The fraction of sp³-hybridized carbons (Fsp3) is 0.929. The number of aliphatic hydroxyl groups is 5. The first-order chi connectivity index (χ1) is 17.3. The lowest BCUT2D eigenvalue weighted by Crippen LogP contribution is -2.46. The van der Waals surface area contributed by atoms with Crippen LogP contribution in [-0.2, 0) is 9.59 Å². The van der Waals surface area contributed by atoms with Gasteiger partial charge in [0.05, 0.1) is 6.61 Å². The number of hydrogen-bond donors (Lipinski definition) is 6. The number of carboxylic acids is 1. The van der Waals surface area contributed by atoms with E-state index in [1.807, 2.05) is 0 Å². The fourth-order valence-corrected chi connectivity index (χ4v) is 3.97. The maximum Gasteiger partial charge on any atom is 0.303 e. The van der Waals surface area contributed by atoms with Gasteiger partial charge in [-0.05, 0) is 6.42 Å². The highest BCUT2D eigenvalue weighted by atomic mass is 16.4. The third-order valence-corrected chi connectivity index (χ3v) is 6.41. The summed E-state index contributed by atoms with van der Waals surface area (Å²) in [4.78, 5) is 20.3. The number of carbonyl (C=O) groups excluding carboxylic acids is 1. The van der Waals surface area contributed by atoms with Gasteiger partial charge in [-0.25, -0.2) is 0 Å². The first-order valence-corrected chi connectivity index (χ1v) is 14.3. The van der Waals surface area contributed by atoms with Crippen molar-refractivity contribution in [2.24, 2.45) is 0 Å². The summed E-state index contributed by atoms with van der Waals surface area (Å²) < 4.78 is 0. The minimum atomic E-state index is -1.79. The van der Waals surface area contributed by atoms with Crippen LogP contribution in [0.2, 0.25) is 0 Å². The second-order valence-corrected chi connectivity index (χ2v) is 9.87. The zero-order valence-electron chi connectivity index (χ0n) is 22.7. The summed E-state index contributed by atoms with van der Waals surface area (Å²) in [6.07, 6.45) is 19.3. The summed E-state index contributed by atoms with van der Waals surface area (Å²) in [5.41, 5.74) is 0. The lowest BCUT2D eigenvalue weighted by Gasteiger charge is -2.22. The number of aliphatic carboxylic acids is 1. The van der Waals surface area contributed by atoms with E-state index in [2.05, 4.69) is 6.92 Å². The topological polar surface area (TPSA) is 156 Å². The normalized spacial score (nSPS) is 14.4. The van der Waals surface area contributed by atoms with Crippen molar-refractivity contribution in [2.75, 3.05) is 6.61 Å². The molecule has 8 nitrogen and oxygen atoms in total. The summed E-state index contributed by atoms with van der Waals surface area (Å²) in [6, 6.07) is 0. The smallest absolute Gasteiger partial charge is 0.303 e. The number of carboxylic acid groups (broad SMARTS) is 1. The maximum atomic E-state index is 10.4. The van der Waals surface area contributed by atoms with E-state index in [4.69, 9.17) is 30.6 Å². The third-order valence-electron chi connectivity index (χ3n) is 6.41. The minimum absolute atomic E-state index is 0.0258. The highest BCUT2D eigenvalue weighted by molar-refractivity contribution is 5.66. The average Bonchev–Trinajstić information content (AvgIpc) is 2.88. The molecule has 0 unspecified atom stereocenters. The van der Waals surface area contributed by atoms with Crippen LogP contribution in [0.25, 0.3) is 0 Å². The summed E-state index contributed by atoms with van der Waals surface area (Å²) in [6.45, 7) is 1.52. The molecule has 0 aromatic heterocycles. The largest absolute Gasteiger partial charge is 0.481 e. The lowest BCUT2D eigenvalue weighted by molar-refractivity contribution is -0.137. The predicted octanol–water partition coefficient (Wildman–Crippen LogP) is 4.51. The van der Waals surface area contributed by atoms with Crippen LogP contribution in [0.15, 0.2) is 0 Å². The molecule has 0 bridgehead atoms. The van der Waals surface area contributed by atoms with Crippen LogP contribution in [0.1, 0.15) is 135 Å². The molecule has 0 spiro atoms. The van der Waals surface area contributed by atoms with Crippen LogP contribution < -0.4 is 0 Å². The summed E-state index contributed by atoms with van der Waals surface area (Å²) in [5.74, 6) is -0.651. The molecule has 216 valence electrons. The van der Waals surface area contributed by atoms with Gasteiger partial charge in [0.1, 0.15) is 24.4 Å². The van der Waals surface area contributed by atoms with E-state index in [0.29, 0.717) is 6.42 Å². The second-order valence-electron chi connectivity index (χ2n) is 9.87. The molecule has 0 aliphatic carbocycles. The first kappa shape index (κ1) is 37.1. The fourth-order valence-electron chi connectivity index (χ4n) is 3.97. The Morgan fingerprint density at radius 3 is 1.22 bits per heavy atom. The molecule has 0 rings (SSSR count). The predicted molar refractivity (Wildman–Crippen MR) is 143 cm³/mol. The molecule has 36 heavy (non-hydrogen) atoms. The molecule has 4 atom stereocenters. The van der Waals surface area contributed by atoms with Crippen molar-refractivity contribution in [2.45, 2.75) is 160 Å². The van der Waals surface area contributed by atoms with Gasteiger partial charge in [-0.3, -0.25) is 4.79 Å². The van der Waals surface area contributed by atoms with Gasteiger partial charge in [-0.2, -0.15) is 0 Å². The summed E-state index contributed by atoms with van der Waals surface area (Å²) >= 11 is 0. The number of aldehydes is 1. The molecule has 0 aromatic carbocycles. The SMILES string of the molecule is CCCCCCCCCCCCCCCCCCCCCC(=O)O.O=C[C@H](O)[C@@H](O)[C@H](O)[C@H](O)CO. The molecule has 0 amide bonds. The minimum Gasteiger partial charge on any atom is -0.481 e. The van der Waals surface area contributed by atoms with Gasteiger partial charge in [-0.15, -0.1) is 0 Å². The maximum absolute atomic E-state index is 10.4. The van der Waals surface area contributed by atoms with Crippen molar-refractivity contribution >= 4 is 12.3 Å². The van der Waals surface area contributed by atoms with E-state index in [-0.39, 0.29) is 6.29 Å². The van der Waals surface area contributed by atoms with E-state index in [1.165, 1.54) is 109 Å². The van der Waals surface area contributed by atoms with Crippen LogP contribution in [-0.4, -0.2) is 73.9 Å². The monoisotopic (exact) mass is 520 g/mol. The van der Waals surface area contributed by atoms with Gasteiger partial charge in [0.15, 0.2) is 6.29 Å². The highest BCUT2D eigenvalue weighted by Gasteiger charge is 2.29. The Kier molecular flexibility index (Phi) is 29.4. The summed E-state index contributed by atoms with van der Waals surface area (Å²) in [5, 5.41) is 52.1. The van der Waals surface area contributed by atoms with Crippen LogP contribution in [0.5, 0.6) is 0 Å². The Hall–Kier alpha value is -1.06. The van der Waals surface area contributed by atoms with Gasteiger partial charge in [0, 0.05) is 6.42 Å². The molecule has 6 N–H and O–H groups in total. The van der Waals surface area contributed by atoms with E-state index >= 15 is 0 Å². The molecule has 8 heteroatoms. The van der Waals surface area contributed by atoms with Crippen molar-refractivity contribution in [3.05, 3.63) is 0 Å². The highest BCUT2D eigenvalue weighted by Crippen LogP contribution is 2.14. The molecule has 0 fully saturated rings. The van der Waals surface area contributed by atoms with E-state index in [9.17, 15) is 9.59 Å². The van der Waals surface area contributed by atoms with Gasteiger partial charge in [0.2, 0.25) is 0 Å². The quantitative estimate of drug-likeness (QED) is 0.0758. The van der Waals surface area contributed by atoms with Crippen molar-refractivity contribution in [1.29, 1.82) is 0 Å². The Labute approximate surface area is 219 Å². The number of carbonyl (C=O) groups is 2. The van der Waals surface area contributed by atoms with Crippen LogP contribution in [0.4, 0.5) is 0 Å². The van der Waals surface area contributed by atoms with Crippen LogP contribution >= 0.6 is 0 Å². The van der Waals surface area contributed by atoms with Crippen LogP contribution in [0, 0.1) is 0 Å². The molecule has 0 aliphatic heterocycles.